The molecule has 35 heavy (non-hydrogen) atoms. The molecule has 1 aliphatic heterocycles. The Hall–Kier alpha value is -4.23. The number of carbonyl (C=O) groups is 1. The molecular weight excluding hydrogens is 462 g/mol. The van der Waals surface area contributed by atoms with E-state index < -0.39 is 0 Å². The molecule has 1 amide bonds. The molecule has 4 aromatic rings. The number of allylic oxidation sites excluding steroid dienone is 2. The van der Waals surface area contributed by atoms with Crippen molar-refractivity contribution in [1.82, 2.24) is 15.3 Å². The number of rotatable bonds is 5. The lowest BCUT2D eigenvalue weighted by atomic mass is 9.96. The average molecular weight is 484 g/mol. The van der Waals surface area contributed by atoms with Crippen molar-refractivity contribution in [3.63, 3.8) is 0 Å². The Morgan fingerprint density at radius 3 is 2.66 bits per heavy atom. The van der Waals surface area contributed by atoms with Gasteiger partial charge >= 0.3 is 0 Å². The van der Waals surface area contributed by atoms with Crippen LogP contribution in [0.5, 0.6) is 5.75 Å². The van der Waals surface area contributed by atoms with Gasteiger partial charge in [-0.25, -0.2) is 9.97 Å². The number of anilines is 2. The largest absolute Gasteiger partial charge is 0.508 e. The average Bonchev–Trinajstić information content (AvgIpc) is 3.06. The minimum Gasteiger partial charge on any atom is -0.508 e. The van der Waals surface area contributed by atoms with Crippen LogP contribution in [0.3, 0.4) is 0 Å². The molecule has 0 spiro atoms. The maximum Gasteiger partial charge on any atom is 0.251 e. The third kappa shape index (κ3) is 4.85. The van der Waals surface area contributed by atoms with Gasteiger partial charge in [-0.1, -0.05) is 36.7 Å². The number of hydrogen-bond donors (Lipinski definition) is 3. The van der Waals surface area contributed by atoms with E-state index in [1.54, 1.807) is 54.9 Å². The number of amides is 1. The number of phenols is 1. The molecule has 0 aliphatic carbocycles. The predicted octanol–water partition coefficient (Wildman–Crippen LogP) is 6.04. The van der Waals surface area contributed by atoms with Gasteiger partial charge in [-0.2, -0.15) is 0 Å². The van der Waals surface area contributed by atoms with Gasteiger partial charge < -0.3 is 15.7 Å². The Balaban J connectivity index is 1.33. The zero-order valence-electron chi connectivity index (χ0n) is 18.9. The highest BCUT2D eigenvalue weighted by atomic mass is 35.5. The van der Waals surface area contributed by atoms with Crippen LogP contribution in [-0.2, 0) is 6.54 Å². The van der Waals surface area contributed by atoms with E-state index in [1.165, 1.54) is 0 Å². The van der Waals surface area contributed by atoms with Gasteiger partial charge in [-0.15, -0.1) is 0 Å². The molecular formula is C27H22ClN5O2. The normalized spacial score (nSPS) is 14.4. The number of benzene rings is 3. The molecule has 7 nitrogen and oxygen atoms in total. The molecule has 1 atom stereocenters. The number of phenolic OH excluding ortho intramolecular Hbond substituents is 1. The van der Waals surface area contributed by atoms with Gasteiger partial charge in [0.05, 0.1) is 5.69 Å². The van der Waals surface area contributed by atoms with Crippen LogP contribution in [0.2, 0.25) is 5.02 Å². The van der Waals surface area contributed by atoms with Crippen molar-refractivity contribution in [2.24, 2.45) is 4.99 Å². The fourth-order valence-corrected chi connectivity index (χ4v) is 4.08. The first-order valence-corrected chi connectivity index (χ1v) is 11.5. The Labute approximate surface area is 207 Å². The zero-order chi connectivity index (χ0) is 24.4. The van der Waals surface area contributed by atoms with Crippen molar-refractivity contribution >= 4 is 51.9 Å². The minimum atomic E-state index is -0.170. The van der Waals surface area contributed by atoms with Crippen molar-refractivity contribution in [2.45, 2.75) is 19.4 Å². The van der Waals surface area contributed by atoms with Gasteiger partial charge in [0.25, 0.3) is 5.91 Å². The molecule has 1 aromatic heterocycles. The van der Waals surface area contributed by atoms with E-state index in [-0.39, 0.29) is 17.6 Å². The van der Waals surface area contributed by atoms with E-state index in [9.17, 15) is 9.90 Å². The molecule has 2 heterocycles. The Morgan fingerprint density at radius 1 is 1.11 bits per heavy atom. The van der Waals surface area contributed by atoms with E-state index in [0.717, 1.165) is 16.8 Å². The number of halogens is 1. The molecule has 3 aromatic carbocycles. The number of aromatic hydroxyl groups is 1. The minimum absolute atomic E-state index is 0.00153. The summed E-state index contributed by atoms with van der Waals surface area (Å²) in [6.45, 7) is 2.42. The van der Waals surface area contributed by atoms with Crippen molar-refractivity contribution in [3.05, 3.63) is 94.7 Å². The zero-order valence-corrected chi connectivity index (χ0v) is 19.6. The van der Waals surface area contributed by atoms with Gasteiger partial charge in [0.2, 0.25) is 5.95 Å². The summed E-state index contributed by atoms with van der Waals surface area (Å²) in [6.07, 6.45) is 7.20. The first-order valence-electron chi connectivity index (χ1n) is 11.1. The second kappa shape index (κ2) is 9.56. The van der Waals surface area contributed by atoms with Crippen LogP contribution in [0.4, 0.5) is 17.3 Å². The third-order valence-corrected chi connectivity index (χ3v) is 6.03. The number of hydrogen-bond acceptors (Lipinski definition) is 6. The van der Waals surface area contributed by atoms with Gasteiger partial charge in [0.1, 0.15) is 11.3 Å². The topological polar surface area (TPSA) is 99.5 Å². The maximum atomic E-state index is 12.5. The molecule has 3 N–H and O–H groups in total. The Kier molecular flexibility index (Phi) is 6.16. The van der Waals surface area contributed by atoms with Crippen molar-refractivity contribution < 1.29 is 9.90 Å². The standard InChI is InChI=1S/C27H22ClN5O2/c1-16-3-2-12-29-25-23(16)22(34)13-19-15-31-27(33-24(19)25)32-21-10-6-18(7-11-21)26(35)30-14-17-4-8-20(28)9-5-17/h2-13,15-16,34H,14H2,1H3,(H,30,35)(H,31,32,33). The summed E-state index contributed by atoms with van der Waals surface area (Å²) in [6, 6.07) is 16.1. The molecule has 5 rings (SSSR count). The van der Waals surface area contributed by atoms with Crippen LogP contribution in [0.1, 0.15) is 34.3 Å². The maximum absolute atomic E-state index is 12.5. The molecule has 1 aliphatic rings. The van der Waals surface area contributed by atoms with Crippen LogP contribution in [0.25, 0.3) is 10.9 Å². The van der Waals surface area contributed by atoms with Crippen LogP contribution in [-0.4, -0.2) is 27.2 Å². The molecule has 0 saturated heterocycles. The van der Waals surface area contributed by atoms with Gasteiger partial charge in [0, 0.05) is 52.1 Å². The van der Waals surface area contributed by atoms with Crippen LogP contribution in [0.15, 0.2) is 77.9 Å². The summed E-state index contributed by atoms with van der Waals surface area (Å²) < 4.78 is 0. The van der Waals surface area contributed by atoms with Gasteiger partial charge in [-0.05, 0) is 54.1 Å². The summed E-state index contributed by atoms with van der Waals surface area (Å²) >= 11 is 5.90. The fourth-order valence-electron chi connectivity index (χ4n) is 3.95. The number of aliphatic imine (C=N–C) groups is 1. The molecule has 0 saturated carbocycles. The van der Waals surface area contributed by atoms with E-state index in [1.807, 2.05) is 31.2 Å². The highest BCUT2D eigenvalue weighted by molar-refractivity contribution is 6.30. The number of nitrogens with one attached hydrogen (secondary N) is 2. The van der Waals surface area contributed by atoms with E-state index >= 15 is 0 Å². The summed E-state index contributed by atoms with van der Waals surface area (Å²) in [5, 5.41) is 18.0. The summed E-state index contributed by atoms with van der Waals surface area (Å²) in [4.78, 5) is 26.0. The molecule has 8 heteroatoms. The second-order valence-corrected chi connectivity index (χ2v) is 8.69. The first-order chi connectivity index (χ1) is 17.0. The first kappa shape index (κ1) is 22.6. The van der Waals surface area contributed by atoms with Gasteiger partial charge in [-0.3, -0.25) is 9.79 Å². The van der Waals surface area contributed by atoms with Crippen molar-refractivity contribution in [2.75, 3.05) is 5.32 Å². The molecule has 0 fully saturated rings. The SMILES string of the molecule is CC1C=CC=Nc2c1c(O)cc1cnc(Nc3ccc(C(=O)NCc4ccc(Cl)cc4)cc3)nc21. The third-order valence-electron chi connectivity index (χ3n) is 5.78. The molecule has 0 radical (unpaired) electrons. The van der Waals surface area contributed by atoms with Crippen LogP contribution in [0, 0.1) is 0 Å². The van der Waals surface area contributed by atoms with E-state index in [0.29, 0.717) is 39.7 Å². The lowest BCUT2D eigenvalue weighted by Gasteiger charge is -2.14. The smallest absolute Gasteiger partial charge is 0.251 e. The lowest BCUT2D eigenvalue weighted by Crippen LogP contribution is -2.22. The number of nitrogens with zero attached hydrogens (tertiary/aromatic N) is 3. The quantitative estimate of drug-likeness (QED) is 0.321. The van der Waals surface area contributed by atoms with Crippen molar-refractivity contribution in [1.29, 1.82) is 0 Å². The monoisotopic (exact) mass is 483 g/mol. The van der Waals surface area contributed by atoms with Crippen LogP contribution < -0.4 is 10.6 Å². The predicted molar refractivity (Wildman–Crippen MR) is 139 cm³/mol. The molecule has 0 bridgehead atoms. The van der Waals surface area contributed by atoms with E-state index in [4.69, 9.17) is 11.6 Å². The fraction of sp³-hybridized carbons (Fsp3) is 0.111. The summed E-state index contributed by atoms with van der Waals surface area (Å²) in [5.74, 6) is 0.404. The van der Waals surface area contributed by atoms with Crippen molar-refractivity contribution in [3.8, 4) is 5.75 Å². The van der Waals surface area contributed by atoms with Crippen LogP contribution >= 0.6 is 11.6 Å². The number of aromatic nitrogens is 2. The highest BCUT2D eigenvalue weighted by Crippen LogP contribution is 2.41. The summed E-state index contributed by atoms with van der Waals surface area (Å²) in [7, 11) is 0. The molecule has 1 unspecified atom stereocenters. The number of fused-ring (bicyclic) bond motifs is 3. The highest BCUT2D eigenvalue weighted by Gasteiger charge is 2.19. The van der Waals surface area contributed by atoms with Gasteiger partial charge in [0.15, 0.2) is 0 Å². The Bertz CT molecular complexity index is 1460. The van der Waals surface area contributed by atoms with E-state index in [2.05, 4.69) is 25.6 Å². The lowest BCUT2D eigenvalue weighted by molar-refractivity contribution is 0.0951. The molecule has 174 valence electrons. The second-order valence-electron chi connectivity index (χ2n) is 8.25. The number of carbonyl (C=O) groups excluding carboxylic acids is 1. The Morgan fingerprint density at radius 2 is 1.89 bits per heavy atom. The summed E-state index contributed by atoms with van der Waals surface area (Å²) in [5.41, 5.74) is 4.27.